The fraction of sp³-hybridized carbons (Fsp3) is 0.533. The zero-order valence-corrected chi connectivity index (χ0v) is 12.4. The van der Waals surface area contributed by atoms with E-state index in [1.165, 1.54) is 7.11 Å². The van der Waals surface area contributed by atoms with E-state index < -0.39 is 0 Å². The highest BCUT2D eigenvalue weighted by molar-refractivity contribution is 5.69. The lowest BCUT2D eigenvalue weighted by Gasteiger charge is -2.13. The van der Waals surface area contributed by atoms with Gasteiger partial charge in [-0.2, -0.15) is 0 Å². The second kappa shape index (κ2) is 9.20. The highest BCUT2D eigenvalue weighted by atomic mass is 16.5. The van der Waals surface area contributed by atoms with Crippen LogP contribution in [0.15, 0.2) is 18.2 Å². The Morgan fingerprint density at radius 3 is 2.70 bits per heavy atom. The van der Waals surface area contributed by atoms with E-state index in [-0.39, 0.29) is 12.4 Å². The lowest BCUT2D eigenvalue weighted by atomic mass is 10.2. The van der Waals surface area contributed by atoms with E-state index in [1.807, 2.05) is 25.2 Å². The number of carbonyl (C=O) groups excluding carboxylic acids is 1. The van der Waals surface area contributed by atoms with Crippen molar-refractivity contribution in [1.29, 1.82) is 0 Å². The van der Waals surface area contributed by atoms with Crippen LogP contribution in [-0.2, 0) is 16.1 Å². The van der Waals surface area contributed by atoms with Crippen molar-refractivity contribution in [3.05, 3.63) is 23.8 Å². The molecule has 0 aliphatic carbocycles. The van der Waals surface area contributed by atoms with Crippen molar-refractivity contribution < 1.29 is 19.0 Å². The van der Waals surface area contributed by atoms with Gasteiger partial charge in [0.15, 0.2) is 0 Å². The first-order valence-corrected chi connectivity index (χ1v) is 6.81. The minimum absolute atomic E-state index is 0.232. The molecule has 0 aromatic heterocycles. The molecule has 1 aromatic rings. The Morgan fingerprint density at radius 2 is 2.05 bits per heavy atom. The van der Waals surface area contributed by atoms with Crippen LogP contribution in [0.1, 0.15) is 25.3 Å². The molecule has 0 bridgehead atoms. The molecule has 0 saturated heterocycles. The van der Waals surface area contributed by atoms with Crippen molar-refractivity contribution in [2.24, 2.45) is 0 Å². The number of esters is 1. The number of hydrogen-bond donors (Lipinski definition) is 1. The summed E-state index contributed by atoms with van der Waals surface area (Å²) >= 11 is 0. The van der Waals surface area contributed by atoms with Gasteiger partial charge in [0.05, 0.1) is 26.7 Å². The third-order valence-corrected chi connectivity index (χ3v) is 2.67. The van der Waals surface area contributed by atoms with Crippen molar-refractivity contribution in [1.82, 2.24) is 5.32 Å². The van der Waals surface area contributed by atoms with Gasteiger partial charge in [0, 0.05) is 18.2 Å². The number of rotatable bonds is 9. The van der Waals surface area contributed by atoms with E-state index in [1.54, 1.807) is 0 Å². The second-order valence-electron chi connectivity index (χ2n) is 4.32. The summed E-state index contributed by atoms with van der Waals surface area (Å²) in [4.78, 5) is 11.1. The molecule has 0 unspecified atom stereocenters. The maximum Gasteiger partial charge on any atom is 0.308 e. The summed E-state index contributed by atoms with van der Waals surface area (Å²) in [6.07, 6.45) is 1.19. The topological polar surface area (TPSA) is 56.8 Å². The Kier molecular flexibility index (Phi) is 7.50. The molecule has 0 fully saturated rings. The van der Waals surface area contributed by atoms with Crippen molar-refractivity contribution in [2.45, 2.75) is 26.3 Å². The molecular weight excluding hydrogens is 258 g/mol. The Morgan fingerprint density at radius 1 is 1.25 bits per heavy atom. The molecule has 0 amide bonds. The SMILES string of the molecule is CCCOc1ccc(CNC)c(OCCC(=O)OC)c1. The first-order chi connectivity index (χ1) is 9.71. The van der Waals surface area contributed by atoms with Gasteiger partial charge in [-0.3, -0.25) is 4.79 Å². The molecule has 0 spiro atoms. The Labute approximate surface area is 120 Å². The highest BCUT2D eigenvalue weighted by Gasteiger charge is 2.07. The monoisotopic (exact) mass is 281 g/mol. The minimum atomic E-state index is -0.279. The Hall–Kier alpha value is -1.75. The van der Waals surface area contributed by atoms with Gasteiger partial charge in [-0.25, -0.2) is 0 Å². The van der Waals surface area contributed by atoms with E-state index in [4.69, 9.17) is 9.47 Å². The standard InChI is InChI=1S/C15H23NO4/c1-4-8-19-13-6-5-12(11-16-2)14(10-13)20-9-7-15(17)18-3/h5-6,10,16H,4,7-9,11H2,1-3H3. The summed E-state index contributed by atoms with van der Waals surface area (Å²) in [6.45, 7) is 3.72. The smallest absolute Gasteiger partial charge is 0.308 e. The van der Waals surface area contributed by atoms with E-state index in [0.29, 0.717) is 19.8 Å². The average Bonchev–Trinajstić information content (AvgIpc) is 2.47. The average molecular weight is 281 g/mol. The first-order valence-electron chi connectivity index (χ1n) is 6.81. The van der Waals surface area contributed by atoms with Gasteiger partial charge in [-0.05, 0) is 19.5 Å². The maximum atomic E-state index is 11.1. The summed E-state index contributed by atoms with van der Waals surface area (Å²) in [5.74, 6) is 1.23. The number of methoxy groups -OCH3 is 1. The molecule has 1 N–H and O–H groups in total. The van der Waals surface area contributed by atoms with Crippen molar-refractivity contribution in [2.75, 3.05) is 27.4 Å². The van der Waals surface area contributed by atoms with Crippen molar-refractivity contribution in [3.63, 3.8) is 0 Å². The quantitative estimate of drug-likeness (QED) is 0.703. The zero-order chi connectivity index (χ0) is 14.8. The van der Waals surface area contributed by atoms with Gasteiger partial charge in [0.25, 0.3) is 0 Å². The normalized spacial score (nSPS) is 10.2. The van der Waals surface area contributed by atoms with Crippen LogP contribution in [0.4, 0.5) is 0 Å². The minimum Gasteiger partial charge on any atom is -0.493 e. The summed E-state index contributed by atoms with van der Waals surface area (Å²) < 4.78 is 15.8. The highest BCUT2D eigenvalue weighted by Crippen LogP contribution is 2.25. The number of ether oxygens (including phenoxy) is 3. The van der Waals surface area contributed by atoms with Crippen LogP contribution in [0.5, 0.6) is 11.5 Å². The van der Waals surface area contributed by atoms with Gasteiger partial charge in [-0.1, -0.05) is 13.0 Å². The predicted octanol–water partition coefficient (Wildman–Crippen LogP) is 2.14. The molecule has 0 aliphatic rings. The largest absolute Gasteiger partial charge is 0.493 e. The number of nitrogens with one attached hydrogen (secondary N) is 1. The molecule has 0 atom stereocenters. The van der Waals surface area contributed by atoms with Crippen LogP contribution in [0, 0.1) is 0 Å². The van der Waals surface area contributed by atoms with Crippen LogP contribution in [-0.4, -0.2) is 33.3 Å². The molecule has 5 heteroatoms. The third-order valence-electron chi connectivity index (χ3n) is 2.67. The first kappa shape index (κ1) is 16.3. The van der Waals surface area contributed by atoms with Gasteiger partial charge in [-0.15, -0.1) is 0 Å². The number of hydrogen-bond acceptors (Lipinski definition) is 5. The molecule has 0 saturated carbocycles. The summed E-state index contributed by atoms with van der Waals surface area (Å²) in [7, 11) is 3.24. The molecular formula is C15H23NO4. The third kappa shape index (κ3) is 5.48. The van der Waals surface area contributed by atoms with Crippen LogP contribution in [0.25, 0.3) is 0 Å². The summed E-state index contributed by atoms with van der Waals surface area (Å²) in [5.41, 5.74) is 1.03. The molecule has 1 aromatic carbocycles. The van der Waals surface area contributed by atoms with Gasteiger partial charge < -0.3 is 19.5 Å². The van der Waals surface area contributed by atoms with Gasteiger partial charge in [0.1, 0.15) is 11.5 Å². The van der Waals surface area contributed by atoms with E-state index in [2.05, 4.69) is 17.0 Å². The zero-order valence-electron chi connectivity index (χ0n) is 12.4. The molecule has 5 nitrogen and oxygen atoms in total. The molecule has 0 heterocycles. The van der Waals surface area contributed by atoms with E-state index >= 15 is 0 Å². The van der Waals surface area contributed by atoms with Gasteiger partial charge in [0.2, 0.25) is 0 Å². The molecule has 112 valence electrons. The van der Waals surface area contributed by atoms with Crippen LogP contribution in [0.3, 0.4) is 0 Å². The van der Waals surface area contributed by atoms with Crippen molar-refractivity contribution >= 4 is 5.97 Å². The lowest BCUT2D eigenvalue weighted by molar-refractivity contribution is -0.141. The van der Waals surface area contributed by atoms with E-state index in [0.717, 1.165) is 23.5 Å². The van der Waals surface area contributed by atoms with Gasteiger partial charge >= 0.3 is 5.97 Å². The number of carbonyl (C=O) groups is 1. The number of benzene rings is 1. The molecule has 1 rings (SSSR count). The maximum absolute atomic E-state index is 11.1. The van der Waals surface area contributed by atoms with Crippen LogP contribution >= 0.6 is 0 Å². The van der Waals surface area contributed by atoms with Crippen molar-refractivity contribution in [3.8, 4) is 11.5 Å². The predicted molar refractivity (Wildman–Crippen MR) is 77.1 cm³/mol. The Balaban J connectivity index is 2.69. The molecule has 0 aliphatic heterocycles. The fourth-order valence-corrected chi connectivity index (χ4v) is 1.66. The van der Waals surface area contributed by atoms with Crippen LogP contribution in [0.2, 0.25) is 0 Å². The lowest BCUT2D eigenvalue weighted by Crippen LogP contribution is -2.11. The molecule has 0 radical (unpaired) electrons. The summed E-state index contributed by atoms with van der Waals surface area (Å²) in [5, 5.41) is 3.08. The van der Waals surface area contributed by atoms with E-state index in [9.17, 15) is 4.79 Å². The fourth-order valence-electron chi connectivity index (χ4n) is 1.66. The molecule has 20 heavy (non-hydrogen) atoms. The summed E-state index contributed by atoms with van der Waals surface area (Å²) in [6, 6.07) is 5.75. The van der Waals surface area contributed by atoms with Crippen LogP contribution < -0.4 is 14.8 Å². The second-order valence-corrected chi connectivity index (χ2v) is 4.32. The Bertz CT molecular complexity index is 420.